The van der Waals surface area contributed by atoms with Crippen LogP contribution in [0.15, 0.2) is 18.2 Å². The molecule has 0 atom stereocenters. The van der Waals surface area contributed by atoms with Crippen molar-refractivity contribution in [1.82, 2.24) is 0 Å². The monoisotopic (exact) mass is 261 g/mol. The van der Waals surface area contributed by atoms with Crippen LogP contribution in [0.5, 0.6) is 0 Å². The third kappa shape index (κ3) is 2.78. The van der Waals surface area contributed by atoms with E-state index in [9.17, 15) is 9.59 Å². The zero-order chi connectivity index (χ0) is 14.2. The Kier molecular flexibility index (Phi) is 3.35. The van der Waals surface area contributed by atoms with Gasteiger partial charge in [-0.1, -0.05) is 12.1 Å². The predicted octanol–water partition coefficient (Wildman–Crippen LogP) is 3.19. The molecule has 1 aromatic carbocycles. The summed E-state index contributed by atoms with van der Waals surface area (Å²) in [6, 6.07) is 5.47. The van der Waals surface area contributed by atoms with Gasteiger partial charge < -0.3 is 4.74 Å². The smallest absolute Gasteiger partial charge is 0.414 e. The maximum absolute atomic E-state index is 12.1. The van der Waals surface area contributed by atoms with Crippen LogP contribution in [0.3, 0.4) is 0 Å². The van der Waals surface area contributed by atoms with Gasteiger partial charge in [0.2, 0.25) is 0 Å². The van der Waals surface area contributed by atoms with Gasteiger partial charge in [-0.3, -0.25) is 9.69 Å². The fraction of sp³-hybridized carbons (Fsp3) is 0.467. The zero-order valence-corrected chi connectivity index (χ0v) is 11.8. The molecule has 1 aliphatic rings. The van der Waals surface area contributed by atoms with Gasteiger partial charge in [-0.05, 0) is 45.7 Å². The molecule has 0 fully saturated rings. The lowest BCUT2D eigenvalue weighted by molar-refractivity contribution is 0.0583. The van der Waals surface area contributed by atoms with Crippen LogP contribution in [-0.4, -0.2) is 24.0 Å². The second-order valence-electron chi connectivity index (χ2n) is 5.74. The lowest BCUT2D eigenvalue weighted by atomic mass is 10.0. The summed E-state index contributed by atoms with van der Waals surface area (Å²) >= 11 is 0. The maximum atomic E-state index is 12.1. The van der Waals surface area contributed by atoms with Gasteiger partial charge in [0.1, 0.15) is 5.60 Å². The van der Waals surface area contributed by atoms with Crippen LogP contribution in [0.4, 0.5) is 10.5 Å². The zero-order valence-electron chi connectivity index (χ0n) is 11.8. The van der Waals surface area contributed by atoms with Gasteiger partial charge in [-0.15, -0.1) is 0 Å². The number of ketones is 1. The number of benzene rings is 1. The second kappa shape index (κ2) is 4.68. The molecule has 0 spiro atoms. The summed E-state index contributed by atoms with van der Waals surface area (Å²) in [6.45, 7) is 7.63. The largest absolute Gasteiger partial charge is 0.443 e. The van der Waals surface area contributed by atoms with E-state index in [1.54, 1.807) is 24.0 Å². The van der Waals surface area contributed by atoms with Crippen molar-refractivity contribution in [2.75, 3.05) is 11.4 Å². The Bertz CT molecular complexity index is 529. The Balaban J connectivity index is 2.30. The number of carbonyl (C=O) groups excluding carboxylic acids is 2. The first-order chi connectivity index (χ1) is 8.79. The molecule has 1 aliphatic heterocycles. The quantitative estimate of drug-likeness (QED) is 0.729. The van der Waals surface area contributed by atoms with E-state index in [0.717, 1.165) is 11.3 Å². The maximum Gasteiger partial charge on any atom is 0.414 e. The molecular formula is C15H19NO3. The number of hydrogen-bond acceptors (Lipinski definition) is 3. The third-order valence-corrected chi connectivity index (χ3v) is 3.02. The molecule has 0 bridgehead atoms. The van der Waals surface area contributed by atoms with E-state index in [2.05, 4.69) is 0 Å². The summed E-state index contributed by atoms with van der Waals surface area (Å²) in [5.74, 6) is 0.0305. The van der Waals surface area contributed by atoms with Crippen LogP contribution in [0, 0.1) is 0 Å². The summed E-state index contributed by atoms with van der Waals surface area (Å²) in [4.78, 5) is 25.3. The minimum atomic E-state index is -0.516. The fourth-order valence-corrected chi connectivity index (χ4v) is 2.27. The predicted molar refractivity (Wildman–Crippen MR) is 73.7 cm³/mol. The summed E-state index contributed by atoms with van der Waals surface area (Å²) in [6.07, 6.45) is 0.344. The number of ether oxygens (including phenoxy) is 1. The molecule has 0 aliphatic carbocycles. The first-order valence-corrected chi connectivity index (χ1v) is 6.43. The number of nitrogens with zero attached hydrogens (tertiary/aromatic N) is 1. The summed E-state index contributed by atoms with van der Waals surface area (Å²) < 4.78 is 5.38. The third-order valence-electron chi connectivity index (χ3n) is 3.02. The Morgan fingerprint density at radius 1 is 1.26 bits per heavy atom. The van der Waals surface area contributed by atoms with Crippen molar-refractivity contribution in [3.05, 3.63) is 29.3 Å². The van der Waals surface area contributed by atoms with Gasteiger partial charge in [-0.25, -0.2) is 4.79 Å². The van der Waals surface area contributed by atoms with E-state index >= 15 is 0 Å². The van der Waals surface area contributed by atoms with Crippen LogP contribution in [-0.2, 0) is 11.2 Å². The van der Waals surface area contributed by atoms with Gasteiger partial charge >= 0.3 is 6.09 Å². The lowest BCUT2D eigenvalue weighted by Gasteiger charge is -2.24. The number of anilines is 1. The van der Waals surface area contributed by atoms with E-state index in [-0.39, 0.29) is 11.9 Å². The van der Waals surface area contributed by atoms with Crippen LogP contribution >= 0.6 is 0 Å². The topological polar surface area (TPSA) is 46.6 Å². The summed E-state index contributed by atoms with van der Waals surface area (Å²) in [5.41, 5.74) is 1.92. The van der Waals surface area contributed by atoms with Crippen molar-refractivity contribution in [2.24, 2.45) is 0 Å². The number of fused-ring (bicyclic) bond motifs is 1. The first kappa shape index (κ1) is 13.6. The number of rotatable bonds is 1. The lowest BCUT2D eigenvalue weighted by Crippen LogP contribution is -2.35. The molecule has 1 amide bonds. The molecule has 4 nitrogen and oxygen atoms in total. The molecule has 0 radical (unpaired) electrons. The Hall–Kier alpha value is -1.84. The number of amides is 1. The van der Waals surface area contributed by atoms with Crippen molar-refractivity contribution in [2.45, 2.75) is 39.7 Å². The first-order valence-electron chi connectivity index (χ1n) is 6.43. The fourth-order valence-electron chi connectivity index (χ4n) is 2.27. The number of Topliss-reactive ketones (excluding diaryl/α,β-unsaturated/α-hetero) is 1. The van der Waals surface area contributed by atoms with Crippen molar-refractivity contribution in [3.8, 4) is 0 Å². The van der Waals surface area contributed by atoms with Gasteiger partial charge in [0.15, 0.2) is 5.78 Å². The van der Waals surface area contributed by atoms with Gasteiger partial charge in [0.25, 0.3) is 0 Å². The van der Waals surface area contributed by atoms with Crippen LogP contribution in [0.25, 0.3) is 0 Å². The van der Waals surface area contributed by atoms with E-state index in [0.29, 0.717) is 18.5 Å². The Labute approximate surface area is 113 Å². The highest BCUT2D eigenvalue weighted by Crippen LogP contribution is 2.32. The molecule has 0 unspecified atom stereocenters. The highest BCUT2D eigenvalue weighted by molar-refractivity contribution is 6.00. The van der Waals surface area contributed by atoms with Gasteiger partial charge in [0.05, 0.1) is 5.69 Å². The normalized spacial score (nSPS) is 14.2. The molecule has 0 aromatic heterocycles. The molecule has 102 valence electrons. The molecule has 0 saturated heterocycles. The van der Waals surface area contributed by atoms with Gasteiger partial charge in [-0.2, -0.15) is 0 Å². The Morgan fingerprint density at radius 3 is 2.53 bits per heavy atom. The average molecular weight is 261 g/mol. The molecule has 0 saturated carbocycles. The Morgan fingerprint density at radius 2 is 1.95 bits per heavy atom. The van der Waals surface area contributed by atoms with E-state index in [1.807, 2.05) is 26.8 Å². The van der Waals surface area contributed by atoms with Crippen molar-refractivity contribution in [1.29, 1.82) is 0 Å². The van der Waals surface area contributed by atoms with Crippen molar-refractivity contribution < 1.29 is 14.3 Å². The van der Waals surface area contributed by atoms with Crippen LogP contribution in [0.1, 0.15) is 43.6 Å². The summed E-state index contributed by atoms with van der Waals surface area (Å²) in [5, 5.41) is 0. The molecule has 0 N–H and O–H groups in total. The van der Waals surface area contributed by atoms with E-state index in [1.165, 1.54) is 0 Å². The molecular weight excluding hydrogens is 242 g/mol. The van der Waals surface area contributed by atoms with E-state index < -0.39 is 5.60 Å². The average Bonchev–Trinajstić information content (AvgIpc) is 2.69. The molecule has 4 heteroatoms. The SMILES string of the molecule is CC(=O)c1cccc2c1CCN2C(=O)OC(C)(C)C. The minimum Gasteiger partial charge on any atom is -0.443 e. The summed E-state index contributed by atoms with van der Waals surface area (Å²) in [7, 11) is 0. The number of carbonyl (C=O) groups is 2. The highest BCUT2D eigenvalue weighted by atomic mass is 16.6. The molecule has 1 heterocycles. The molecule has 2 rings (SSSR count). The van der Waals surface area contributed by atoms with Crippen molar-refractivity contribution >= 4 is 17.6 Å². The molecule has 1 aromatic rings. The van der Waals surface area contributed by atoms with E-state index in [4.69, 9.17) is 4.74 Å². The minimum absolute atomic E-state index is 0.0305. The standard InChI is InChI=1S/C15H19NO3/c1-10(17)11-6-5-7-13-12(11)8-9-16(13)14(18)19-15(2,3)4/h5-7H,8-9H2,1-4H3. The number of hydrogen-bond donors (Lipinski definition) is 0. The van der Waals surface area contributed by atoms with Crippen LogP contribution in [0.2, 0.25) is 0 Å². The van der Waals surface area contributed by atoms with Gasteiger partial charge in [0, 0.05) is 12.1 Å². The second-order valence-corrected chi connectivity index (χ2v) is 5.74. The van der Waals surface area contributed by atoms with Crippen LogP contribution < -0.4 is 4.90 Å². The highest BCUT2D eigenvalue weighted by Gasteiger charge is 2.30. The van der Waals surface area contributed by atoms with Crippen molar-refractivity contribution in [3.63, 3.8) is 0 Å². The molecule has 19 heavy (non-hydrogen) atoms.